The van der Waals surface area contributed by atoms with E-state index < -0.39 is 0 Å². The van der Waals surface area contributed by atoms with Crippen molar-refractivity contribution in [2.75, 3.05) is 5.32 Å². The van der Waals surface area contributed by atoms with E-state index in [1.54, 1.807) is 18.2 Å². The number of rotatable bonds is 6. The van der Waals surface area contributed by atoms with Gasteiger partial charge in [0.2, 0.25) is 5.91 Å². The van der Waals surface area contributed by atoms with Crippen LogP contribution in [0.15, 0.2) is 18.2 Å². The molecular weight excluding hydrogens is 240 g/mol. The zero-order valence-electron chi connectivity index (χ0n) is 11.9. The van der Waals surface area contributed by atoms with Gasteiger partial charge in [0.25, 0.3) is 0 Å². The summed E-state index contributed by atoms with van der Waals surface area (Å²) < 4.78 is 0. The van der Waals surface area contributed by atoms with Gasteiger partial charge in [0.1, 0.15) is 5.75 Å². The number of carbonyl (C=O) groups excluding carboxylic acids is 1. The van der Waals surface area contributed by atoms with Crippen molar-refractivity contribution in [1.29, 1.82) is 0 Å². The van der Waals surface area contributed by atoms with Gasteiger partial charge in [0.15, 0.2) is 0 Å². The van der Waals surface area contributed by atoms with E-state index >= 15 is 0 Å². The number of hydrogen-bond acceptors (Lipinski definition) is 3. The fourth-order valence-corrected chi connectivity index (χ4v) is 1.88. The fraction of sp³-hybridized carbons (Fsp3) is 0.533. The second kappa shape index (κ2) is 7.14. The van der Waals surface area contributed by atoms with Gasteiger partial charge in [-0.3, -0.25) is 4.79 Å². The van der Waals surface area contributed by atoms with Crippen LogP contribution in [-0.2, 0) is 4.79 Å². The third-order valence-electron chi connectivity index (χ3n) is 3.15. The van der Waals surface area contributed by atoms with Crippen molar-refractivity contribution in [3.63, 3.8) is 0 Å². The predicted octanol–water partition coefficient (Wildman–Crippen LogP) is 2.79. The van der Waals surface area contributed by atoms with Crippen LogP contribution in [0.3, 0.4) is 0 Å². The van der Waals surface area contributed by atoms with Crippen molar-refractivity contribution in [3.05, 3.63) is 23.8 Å². The van der Waals surface area contributed by atoms with Crippen LogP contribution in [-0.4, -0.2) is 17.1 Å². The molecule has 0 heterocycles. The number of nitrogens with two attached hydrogens (primary N) is 1. The molecule has 0 saturated heterocycles. The van der Waals surface area contributed by atoms with Crippen LogP contribution >= 0.6 is 0 Å². The van der Waals surface area contributed by atoms with Crippen LogP contribution in [0.2, 0.25) is 0 Å². The number of anilines is 1. The number of hydrogen-bond donors (Lipinski definition) is 3. The molecule has 1 aromatic carbocycles. The van der Waals surface area contributed by atoms with Crippen molar-refractivity contribution >= 4 is 11.6 Å². The Labute approximate surface area is 115 Å². The Bertz CT molecular complexity index is 430. The monoisotopic (exact) mass is 264 g/mol. The molecule has 4 heteroatoms. The summed E-state index contributed by atoms with van der Waals surface area (Å²) in [6.07, 6.45) is 2.67. The fourth-order valence-electron chi connectivity index (χ4n) is 1.88. The maximum atomic E-state index is 12.0. The molecular formula is C15H24N2O2. The molecule has 1 rings (SSSR count). The lowest BCUT2D eigenvalue weighted by atomic mass is 10.0. The number of nitrogens with one attached hydrogen (secondary N) is 1. The highest BCUT2D eigenvalue weighted by Crippen LogP contribution is 2.24. The van der Waals surface area contributed by atoms with E-state index in [1.807, 2.05) is 20.8 Å². The first kappa shape index (κ1) is 15.5. The van der Waals surface area contributed by atoms with E-state index in [0.29, 0.717) is 5.69 Å². The molecule has 0 spiro atoms. The number of carbonyl (C=O) groups is 1. The van der Waals surface area contributed by atoms with Gasteiger partial charge in [0, 0.05) is 12.0 Å². The summed E-state index contributed by atoms with van der Waals surface area (Å²) in [7, 11) is 0. The van der Waals surface area contributed by atoms with Gasteiger partial charge in [-0.05, 0) is 44.4 Å². The number of benzene rings is 1. The quantitative estimate of drug-likeness (QED) is 0.691. The minimum Gasteiger partial charge on any atom is -0.506 e. The SMILES string of the molecule is Cc1ccc(O)c(NC(=O)C(C)CCCC(C)N)c1. The number of phenolic OH excluding ortho intramolecular Hbond substituents is 1. The van der Waals surface area contributed by atoms with Gasteiger partial charge in [-0.15, -0.1) is 0 Å². The molecule has 0 aliphatic rings. The maximum Gasteiger partial charge on any atom is 0.227 e. The standard InChI is InChI=1S/C15H24N2O2/c1-10-7-8-14(18)13(9-10)17-15(19)11(2)5-4-6-12(3)16/h7-9,11-12,18H,4-6,16H2,1-3H3,(H,17,19). The van der Waals surface area contributed by atoms with Gasteiger partial charge < -0.3 is 16.2 Å². The van der Waals surface area contributed by atoms with Crippen molar-refractivity contribution in [1.82, 2.24) is 0 Å². The minimum absolute atomic E-state index is 0.0643. The van der Waals surface area contributed by atoms with E-state index in [9.17, 15) is 9.90 Å². The molecule has 0 aliphatic carbocycles. The van der Waals surface area contributed by atoms with Crippen molar-refractivity contribution in [2.45, 2.75) is 46.1 Å². The Hall–Kier alpha value is -1.55. The highest BCUT2D eigenvalue weighted by atomic mass is 16.3. The van der Waals surface area contributed by atoms with Crippen LogP contribution in [0.1, 0.15) is 38.7 Å². The Morgan fingerprint density at radius 1 is 1.37 bits per heavy atom. The number of amides is 1. The number of aryl methyl sites for hydroxylation is 1. The van der Waals surface area contributed by atoms with E-state index in [0.717, 1.165) is 24.8 Å². The minimum atomic E-state index is -0.0846. The lowest BCUT2D eigenvalue weighted by Gasteiger charge is -2.14. The normalized spacial score (nSPS) is 13.9. The predicted molar refractivity (Wildman–Crippen MR) is 78.1 cm³/mol. The summed E-state index contributed by atoms with van der Waals surface area (Å²) in [6, 6.07) is 5.33. The van der Waals surface area contributed by atoms with Gasteiger partial charge in [-0.25, -0.2) is 0 Å². The molecule has 4 nitrogen and oxygen atoms in total. The molecule has 2 atom stereocenters. The van der Waals surface area contributed by atoms with E-state index in [2.05, 4.69) is 5.32 Å². The highest BCUT2D eigenvalue weighted by molar-refractivity contribution is 5.93. The molecule has 0 fully saturated rings. The van der Waals surface area contributed by atoms with Crippen LogP contribution in [0.5, 0.6) is 5.75 Å². The van der Waals surface area contributed by atoms with Crippen LogP contribution in [0, 0.1) is 12.8 Å². The van der Waals surface area contributed by atoms with E-state index in [1.165, 1.54) is 0 Å². The molecule has 106 valence electrons. The molecule has 0 saturated carbocycles. The van der Waals surface area contributed by atoms with Gasteiger partial charge in [-0.2, -0.15) is 0 Å². The van der Waals surface area contributed by atoms with Crippen molar-refractivity contribution < 1.29 is 9.90 Å². The Kier molecular flexibility index (Phi) is 5.83. The summed E-state index contributed by atoms with van der Waals surface area (Å²) in [5.74, 6) is -0.0500. The second-order valence-corrected chi connectivity index (χ2v) is 5.32. The van der Waals surface area contributed by atoms with Gasteiger partial charge in [-0.1, -0.05) is 19.4 Å². The largest absolute Gasteiger partial charge is 0.506 e. The van der Waals surface area contributed by atoms with Crippen LogP contribution in [0.4, 0.5) is 5.69 Å². The third kappa shape index (κ3) is 5.30. The maximum absolute atomic E-state index is 12.0. The summed E-state index contributed by atoms with van der Waals surface area (Å²) >= 11 is 0. The Morgan fingerprint density at radius 3 is 2.68 bits per heavy atom. The third-order valence-corrected chi connectivity index (χ3v) is 3.15. The second-order valence-electron chi connectivity index (χ2n) is 5.32. The molecule has 4 N–H and O–H groups in total. The number of aromatic hydroxyl groups is 1. The van der Waals surface area contributed by atoms with Gasteiger partial charge >= 0.3 is 0 Å². The number of phenols is 1. The average Bonchev–Trinajstić information content (AvgIpc) is 2.33. The molecule has 1 aromatic rings. The lowest BCUT2D eigenvalue weighted by Crippen LogP contribution is -2.21. The Morgan fingerprint density at radius 2 is 2.05 bits per heavy atom. The van der Waals surface area contributed by atoms with Crippen molar-refractivity contribution in [2.24, 2.45) is 11.7 Å². The van der Waals surface area contributed by atoms with Crippen LogP contribution < -0.4 is 11.1 Å². The zero-order chi connectivity index (χ0) is 14.4. The van der Waals surface area contributed by atoms with E-state index in [-0.39, 0.29) is 23.6 Å². The molecule has 19 heavy (non-hydrogen) atoms. The molecule has 0 bridgehead atoms. The summed E-state index contributed by atoms with van der Waals surface area (Å²) in [4.78, 5) is 12.0. The highest BCUT2D eigenvalue weighted by Gasteiger charge is 2.14. The summed E-state index contributed by atoms with van der Waals surface area (Å²) in [5, 5.41) is 12.5. The first-order valence-electron chi connectivity index (χ1n) is 6.76. The van der Waals surface area contributed by atoms with Crippen molar-refractivity contribution in [3.8, 4) is 5.75 Å². The molecule has 0 radical (unpaired) electrons. The van der Waals surface area contributed by atoms with E-state index in [4.69, 9.17) is 5.73 Å². The molecule has 2 unspecified atom stereocenters. The smallest absolute Gasteiger partial charge is 0.227 e. The van der Waals surface area contributed by atoms with Crippen LogP contribution in [0.25, 0.3) is 0 Å². The molecule has 0 aliphatic heterocycles. The molecule has 1 amide bonds. The average molecular weight is 264 g/mol. The van der Waals surface area contributed by atoms with Gasteiger partial charge in [0.05, 0.1) is 5.69 Å². The first-order valence-corrected chi connectivity index (χ1v) is 6.76. The lowest BCUT2D eigenvalue weighted by molar-refractivity contribution is -0.119. The Balaban J connectivity index is 2.51. The summed E-state index contributed by atoms with van der Waals surface area (Å²) in [6.45, 7) is 5.78. The zero-order valence-corrected chi connectivity index (χ0v) is 11.9. The topological polar surface area (TPSA) is 75.3 Å². The molecule has 0 aromatic heterocycles. The first-order chi connectivity index (χ1) is 8.90. The summed E-state index contributed by atoms with van der Waals surface area (Å²) in [5.41, 5.74) is 7.16.